The molecule has 0 bridgehead atoms. The zero-order valence-electron chi connectivity index (χ0n) is 33.0. The van der Waals surface area contributed by atoms with Crippen molar-refractivity contribution in [2.45, 2.75) is 95.8 Å². The molecule has 7 aromatic rings. The van der Waals surface area contributed by atoms with Crippen LogP contribution in [0.4, 0.5) is 0 Å². The molecule has 56 heavy (non-hydrogen) atoms. The van der Waals surface area contributed by atoms with E-state index >= 15 is 0 Å². The van der Waals surface area contributed by atoms with Crippen LogP contribution in [0.25, 0.3) is 44.7 Å². The third kappa shape index (κ3) is 6.24. The minimum atomic E-state index is -0.855. The Bertz CT molecular complexity index is 2520. The molecule has 1 saturated carbocycles. The Balaban J connectivity index is 0.00000441. The zero-order chi connectivity index (χ0) is 38.1. The quantitative estimate of drug-likeness (QED) is 0.174. The van der Waals surface area contributed by atoms with Crippen LogP contribution in [0.5, 0.6) is 5.75 Å². The average Bonchev–Trinajstić information content (AvgIpc) is 3.75. The summed E-state index contributed by atoms with van der Waals surface area (Å²) in [6, 6.07) is 37.9. The molecule has 1 fully saturated rings. The first-order valence-corrected chi connectivity index (χ1v) is 19.8. The number of hydrogen-bond acceptors (Lipinski definition) is 5. The molecule has 2 aliphatic rings. The first-order chi connectivity index (χ1) is 26.4. The molecular weight excluding hydrogens is 870 g/mol. The van der Waals surface area contributed by atoms with E-state index in [4.69, 9.17) is 19.4 Å². The maximum atomic E-state index is 11.0. The van der Waals surface area contributed by atoms with Crippen molar-refractivity contribution in [3.63, 3.8) is 0 Å². The van der Waals surface area contributed by atoms with Crippen molar-refractivity contribution in [1.29, 1.82) is 0 Å². The molecule has 6 heteroatoms. The van der Waals surface area contributed by atoms with Crippen LogP contribution in [0.2, 0.25) is 0 Å². The minimum Gasteiger partial charge on any atom is -0.507 e. The molecule has 3 aromatic heterocycles. The summed E-state index contributed by atoms with van der Waals surface area (Å²) in [6.07, 6.45) is 9.70. The van der Waals surface area contributed by atoms with E-state index in [2.05, 4.69) is 114 Å². The fraction of sp³-hybridized carbons (Fsp3) is 0.300. The minimum absolute atomic E-state index is 0. The van der Waals surface area contributed by atoms with Crippen molar-refractivity contribution in [3.8, 4) is 39.4 Å². The van der Waals surface area contributed by atoms with Crippen LogP contribution in [0, 0.1) is 6.07 Å². The number of para-hydroxylation sites is 1. The number of phenolic OH excluding ortho intramolecular Hbond substituents is 1. The van der Waals surface area contributed by atoms with Crippen LogP contribution < -0.4 is 0 Å². The summed E-state index contributed by atoms with van der Waals surface area (Å²) >= 11 is 0. The van der Waals surface area contributed by atoms with Gasteiger partial charge in [0.25, 0.3) is 0 Å². The number of nitrogens with zero attached hydrogens (tertiary/aromatic N) is 3. The average molecular weight is 918 g/mol. The number of aromatic hydroxyl groups is 1. The Morgan fingerprint density at radius 3 is 2.04 bits per heavy atom. The van der Waals surface area contributed by atoms with Crippen molar-refractivity contribution < 1.29 is 30.6 Å². The van der Waals surface area contributed by atoms with Gasteiger partial charge in [-0.1, -0.05) is 115 Å². The molecule has 3 heterocycles. The number of pyridine rings is 1. The standard InChI is InChI=1S/C50H48N3O2.Pt/c1-48(2,3)33-22-24-36-37-25-23-34(49(4,5)6)28-41(37)50(40(36)27-33,44-21-13-19-42(53-44)38-18-10-11-20-43(38)54)35-17-12-16-32(26-35)45-47-46(52-30-51-45)39(29-55-47)31-14-8-7-9-15-31;/h10-13,16-25,27-31,54H,7-9,14-15H2,1-6H3;/q-1;. The van der Waals surface area contributed by atoms with Gasteiger partial charge in [-0.25, -0.2) is 4.98 Å². The molecule has 0 amide bonds. The van der Waals surface area contributed by atoms with E-state index in [-0.39, 0.29) is 37.6 Å². The van der Waals surface area contributed by atoms with Crippen LogP contribution in [0.3, 0.4) is 0 Å². The van der Waals surface area contributed by atoms with E-state index in [9.17, 15) is 5.11 Å². The smallest absolute Gasteiger partial charge is 0.137 e. The fourth-order valence-electron chi connectivity index (χ4n) is 9.03. The van der Waals surface area contributed by atoms with Crippen LogP contribution in [-0.4, -0.2) is 20.1 Å². The van der Waals surface area contributed by atoms with Gasteiger partial charge in [0, 0.05) is 37.9 Å². The van der Waals surface area contributed by atoms with E-state index in [1.54, 1.807) is 12.4 Å². The summed E-state index contributed by atoms with van der Waals surface area (Å²) in [7, 11) is 0. The van der Waals surface area contributed by atoms with E-state index in [1.807, 2.05) is 30.5 Å². The van der Waals surface area contributed by atoms with Crippen LogP contribution in [-0.2, 0) is 37.3 Å². The third-order valence-corrected chi connectivity index (χ3v) is 12.1. The van der Waals surface area contributed by atoms with Crippen LogP contribution in [0.15, 0.2) is 114 Å². The molecule has 9 rings (SSSR count). The Labute approximate surface area is 344 Å². The van der Waals surface area contributed by atoms with Gasteiger partial charge >= 0.3 is 0 Å². The molecule has 0 saturated heterocycles. The molecule has 286 valence electrons. The topological polar surface area (TPSA) is 72.0 Å². The van der Waals surface area contributed by atoms with Crippen molar-refractivity contribution in [1.82, 2.24) is 15.0 Å². The van der Waals surface area contributed by atoms with E-state index in [0.717, 1.165) is 40.9 Å². The number of hydrogen-bond donors (Lipinski definition) is 1. The molecule has 2 aliphatic carbocycles. The molecule has 1 N–H and O–H groups in total. The van der Waals surface area contributed by atoms with Crippen molar-refractivity contribution in [2.75, 3.05) is 0 Å². The number of phenols is 1. The first-order valence-electron chi connectivity index (χ1n) is 19.8. The van der Waals surface area contributed by atoms with Crippen LogP contribution >= 0.6 is 0 Å². The van der Waals surface area contributed by atoms with Crippen molar-refractivity contribution in [3.05, 3.63) is 155 Å². The second-order valence-electron chi connectivity index (χ2n) is 17.6. The van der Waals surface area contributed by atoms with Gasteiger partial charge in [0.05, 0.1) is 23.1 Å². The summed E-state index contributed by atoms with van der Waals surface area (Å²) in [4.78, 5) is 15.1. The Morgan fingerprint density at radius 2 is 1.38 bits per heavy atom. The third-order valence-electron chi connectivity index (χ3n) is 12.1. The summed E-state index contributed by atoms with van der Waals surface area (Å²) in [5.74, 6) is 0.657. The van der Waals surface area contributed by atoms with Crippen molar-refractivity contribution in [2.24, 2.45) is 0 Å². The van der Waals surface area contributed by atoms with Gasteiger partial charge < -0.3 is 9.52 Å². The van der Waals surface area contributed by atoms with Gasteiger partial charge in [-0.3, -0.25) is 9.97 Å². The summed E-state index contributed by atoms with van der Waals surface area (Å²) in [5, 5.41) is 11.0. The van der Waals surface area contributed by atoms with E-state index in [0.29, 0.717) is 22.8 Å². The molecule has 0 unspecified atom stereocenters. The van der Waals surface area contributed by atoms with Gasteiger partial charge in [-0.05, 0) is 87.2 Å². The summed E-state index contributed by atoms with van der Waals surface area (Å²) in [6.45, 7) is 13.6. The summed E-state index contributed by atoms with van der Waals surface area (Å²) < 4.78 is 6.38. The molecule has 0 spiro atoms. The maximum absolute atomic E-state index is 11.0. The number of benzene rings is 4. The van der Waals surface area contributed by atoms with Gasteiger partial charge in [0.15, 0.2) is 0 Å². The molecular formula is C50H48N3O2Pt-. The molecule has 0 aliphatic heterocycles. The first kappa shape index (κ1) is 38.0. The molecule has 0 radical (unpaired) electrons. The Kier molecular flexibility index (Phi) is 9.69. The number of aromatic nitrogens is 3. The SMILES string of the molecule is CC(C)(C)c1ccc2c(c1)C(c1[c-]c(-c3ncnc4c(C5CCCCC5)coc34)ccc1)(c1cccc(-c3ccccc3O)n1)c1cc(C(C)(C)C)ccc1-2.[Pt]. The second kappa shape index (κ2) is 14.3. The van der Waals surface area contributed by atoms with E-state index < -0.39 is 5.41 Å². The molecule has 5 nitrogen and oxygen atoms in total. The Hall–Kier alpha value is -4.86. The van der Waals surface area contributed by atoms with Gasteiger partial charge in [-0.2, -0.15) is 0 Å². The predicted molar refractivity (Wildman–Crippen MR) is 222 cm³/mol. The molecule has 0 atom stereocenters. The Morgan fingerprint density at radius 1 is 0.714 bits per heavy atom. The van der Waals surface area contributed by atoms with Crippen molar-refractivity contribution >= 4 is 11.1 Å². The predicted octanol–water partition coefficient (Wildman–Crippen LogP) is 12.5. The fourth-order valence-corrected chi connectivity index (χ4v) is 9.03. The van der Waals surface area contributed by atoms with Crippen LogP contribution in [0.1, 0.15) is 119 Å². The number of fused-ring (bicyclic) bond motifs is 4. The van der Waals surface area contributed by atoms with Gasteiger partial charge in [0.1, 0.15) is 23.2 Å². The zero-order valence-corrected chi connectivity index (χ0v) is 35.3. The molecule has 4 aromatic carbocycles. The maximum Gasteiger partial charge on any atom is 0.137 e. The van der Waals surface area contributed by atoms with Gasteiger partial charge in [-0.15, -0.1) is 35.4 Å². The van der Waals surface area contributed by atoms with E-state index in [1.165, 1.54) is 58.2 Å². The monoisotopic (exact) mass is 917 g/mol. The summed E-state index contributed by atoms with van der Waals surface area (Å²) in [5.41, 5.74) is 13.8. The number of rotatable bonds is 5. The largest absolute Gasteiger partial charge is 0.507 e. The van der Waals surface area contributed by atoms with Gasteiger partial charge in [0.2, 0.25) is 0 Å². The normalized spacial score (nSPS) is 15.3. The number of furan rings is 1. The second-order valence-corrected chi connectivity index (χ2v) is 17.6.